The third-order valence-corrected chi connectivity index (χ3v) is 2.76. The Bertz CT molecular complexity index is 305. The monoisotopic (exact) mass is 193 g/mol. The number of Topliss-reactive ketones (excluding diaryl/α,β-unsaturated/α-hetero) is 1. The van der Waals surface area contributed by atoms with Crippen LogP contribution >= 0.6 is 0 Å². The van der Waals surface area contributed by atoms with Crippen LogP contribution in [-0.4, -0.2) is 23.3 Å². The topological polar surface area (TPSA) is 33.5 Å². The van der Waals surface area contributed by atoms with Gasteiger partial charge < -0.3 is 4.42 Å². The highest BCUT2D eigenvalue weighted by molar-refractivity contribution is 5.79. The lowest BCUT2D eigenvalue weighted by molar-refractivity contribution is -0.123. The van der Waals surface area contributed by atoms with E-state index in [0.717, 1.165) is 18.8 Å². The van der Waals surface area contributed by atoms with Gasteiger partial charge in [0.2, 0.25) is 0 Å². The minimum atomic E-state index is 0.348. The van der Waals surface area contributed by atoms with E-state index in [1.54, 1.807) is 6.26 Å². The Hall–Kier alpha value is -1.09. The summed E-state index contributed by atoms with van der Waals surface area (Å²) in [5.74, 6) is 1.36. The summed E-state index contributed by atoms with van der Waals surface area (Å²) >= 11 is 0. The number of hydrogen-bond donors (Lipinski definition) is 0. The van der Waals surface area contributed by atoms with Crippen molar-refractivity contribution in [2.75, 3.05) is 6.54 Å². The van der Waals surface area contributed by atoms with Gasteiger partial charge in [-0.25, -0.2) is 0 Å². The van der Waals surface area contributed by atoms with Gasteiger partial charge in [0.1, 0.15) is 11.5 Å². The molecule has 2 heterocycles. The summed E-state index contributed by atoms with van der Waals surface area (Å²) < 4.78 is 5.28. The van der Waals surface area contributed by atoms with Gasteiger partial charge in [0.25, 0.3) is 0 Å². The van der Waals surface area contributed by atoms with Crippen molar-refractivity contribution in [3.63, 3.8) is 0 Å². The van der Waals surface area contributed by atoms with Crippen molar-refractivity contribution < 1.29 is 9.21 Å². The molecule has 0 saturated carbocycles. The van der Waals surface area contributed by atoms with Gasteiger partial charge in [0, 0.05) is 25.4 Å². The highest BCUT2D eigenvalue weighted by Crippen LogP contribution is 2.17. The lowest BCUT2D eigenvalue weighted by atomic mass is 10.0. The van der Waals surface area contributed by atoms with E-state index in [2.05, 4.69) is 11.8 Å². The summed E-state index contributed by atoms with van der Waals surface area (Å²) in [6, 6.07) is 4.22. The van der Waals surface area contributed by atoms with Crippen LogP contribution in [0.2, 0.25) is 0 Å². The Balaban J connectivity index is 1.95. The van der Waals surface area contributed by atoms with E-state index in [9.17, 15) is 4.79 Å². The molecule has 0 bridgehead atoms. The SMILES string of the molecule is CC1CC(=O)CCN1Cc1ccco1. The zero-order valence-electron chi connectivity index (χ0n) is 8.40. The number of rotatable bonds is 2. The molecular formula is C11H15NO2. The van der Waals surface area contributed by atoms with E-state index in [1.165, 1.54) is 0 Å². The molecule has 1 aliphatic heterocycles. The van der Waals surface area contributed by atoms with Gasteiger partial charge in [0.15, 0.2) is 0 Å². The fourth-order valence-electron chi connectivity index (χ4n) is 1.89. The maximum absolute atomic E-state index is 11.2. The zero-order valence-corrected chi connectivity index (χ0v) is 8.40. The summed E-state index contributed by atoms with van der Waals surface area (Å²) in [5.41, 5.74) is 0. The Kier molecular flexibility index (Phi) is 2.68. The van der Waals surface area contributed by atoms with Crippen molar-refractivity contribution in [3.8, 4) is 0 Å². The van der Waals surface area contributed by atoms with Crippen molar-refractivity contribution in [2.45, 2.75) is 32.4 Å². The third kappa shape index (κ3) is 2.04. The molecule has 1 aromatic heterocycles. The summed E-state index contributed by atoms with van der Waals surface area (Å²) in [5, 5.41) is 0. The van der Waals surface area contributed by atoms with E-state index >= 15 is 0 Å². The van der Waals surface area contributed by atoms with Crippen molar-refractivity contribution in [1.29, 1.82) is 0 Å². The van der Waals surface area contributed by atoms with E-state index in [-0.39, 0.29) is 0 Å². The largest absolute Gasteiger partial charge is 0.468 e. The number of hydrogen-bond acceptors (Lipinski definition) is 3. The first-order valence-electron chi connectivity index (χ1n) is 5.04. The molecule has 0 spiro atoms. The summed E-state index contributed by atoms with van der Waals surface area (Å²) in [6.07, 6.45) is 3.06. The molecule has 1 atom stereocenters. The Morgan fingerprint density at radius 2 is 2.50 bits per heavy atom. The molecule has 1 fully saturated rings. The standard InChI is InChI=1S/C11H15NO2/c1-9-7-10(13)4-5-12(9)8-11-3-2-6-14-11/h2-3,6,9H,4-5,7-8H2,1H3. The lowest BCUT2D eigenvalue weighted by Gasteiger charge is -2.31. The third-order valence-electron chi connectivity index (χ3n) is 2.76. The molecular weight excluding hydrogens is 178 g/mol. The molecule has 0 amide bonds. The van der Waals surface area contributed by atoms with Crippen LogP contribution in [0.1, 0.15) is 25.5 Å². The first-order chi connectivity index (χ1) is 6.75. The predicted molar refractivity (Wildman–Crippen MR) is 52.8 cm³/mol. The second kappa shape index (κ2) is 3.96. The highest BCUT2D eigenvalue weighted by Gasteiger charge is 2.23. The van der Waals surface area contributed by atoms with Gasteiger partial charge >= 0.3 is 0 Å². The molecule has 1 saturated heterocycles. The molecule has 3 nitrogen and oxygen atoms in total. The average Bonchev–Trinajstić information content (AvgIpc) is 2.62. The highest BCUT2D eigenvalue weighted by atomic mass is 16.3. The van der Waals surface area contributed by atoms with Crippen LogP contribution in [0.5, 0.6) is 0 Å². The van der Waals surface area contributed by atoms with Crippen molar-refractivity contribution >= 4 is 5.78 Å². The summed E-state index contributed by atoms with van der Waals surface area (Å²) in [4.78, 5) is 13.5. The van der Waals surface area contributed by atoms with E-state index < -0.39 is 0 Å². The zero-order chi connectivity index (χ0) is 9.97. The van der Waals surface area contributed by atoms with Crippen molar-refractivity contribution in [2.24, 2.45) is 0 Å². The maximum Gasteiger partial charge on any atom is 0.135 e. The second-order valence-corrected chi connectivity index (χ2v) is 3.89. The number of likely N-dealkylation sites (tertiary alicyclic amines) is 1. The average molecular weight is 193 g/mol. The first kappa shape index (κ1) is 9.46. The molecule has 1 unspecified atom stereocenters. The number of nitrogens with zero attached hydrogens (tertiary/aromatic N) is 1. The normalized spacial score (nSPS) is 24.1. The number of carbonyl (C=O) groups is 1. The van der Waals surface area contributed by atoms with Crippen molar-refractivity contribution in [1.82, 2.24) is 4.90 Å². The van der Waals surface area contributed by atoms with E-state index in [1.807, 2.05) is 12.1 Å². The fourth-order valence-corrected chi connectivity index (χ4v) is 1.89. The van der Waals surface area contributed by atoms with Gasteiger partial charge in [-0.15, -0.1) is 0 Å². The molecule has 0 N–H and O–H groups in total. The van der Waals surface area contributed by atoms with Crippen LogP contribution in [0.4, 0.5) is 0 Å². The van der Waals surface area contributed by atoms with Crippen LogP contribution in [0.3, 0.4) is 0 Å². The van der Waals surface area contributed by atoms with Crippen LogP contribution < -0.4 is 0 Å². The van der Waals surface area contributed by atoms with Crippen LogP contribution in [0, 0.1) is 0 Å². The molecule has 1 aromatic rings. The van der Waals surface area contributed by atoms with E-state index in [0.29, 0.717) is 24.7 Å². The van der Waals surface area contributed by atoms with E-state index in [4.69, 9.17) is 4.42 Å². The molecule has 76 valence electrons. The predicted octanol–water partition coefficient (Wildman–Crippen LogP) is 1.83. The van der Waals surface area contributed by atoms with Gasteiger partial charge in [-0.1, -0.05) is 0 Å². The molecule has 3 heteroatoms. The quantitative estimate of drug-likeness (QED) is 0.718. The molecule has 2 rings (SSSR count). The Morgan fingerprint density at radius 3 is 3.14 bits per heavy atom. The molecule has 0 aromatic carbocycles. The van der Waals surface area contributed by atoms with Crippen molar-refractivity contribution in [3.05, 3.63) is 24.2 Å². The molecule has 14 heavy (non-hydrogen) atoms. The Morgan fingerprint density at radius 1 is 1.64 bits per heavy atom. The number of ketones is 1. The summed E-state index contributed by atoms with van der Waals surface area (Å²) in [6.45, 7) is 3.78. The lowest BCUT2D eigenvalue weighted by Crippen LogP contribution is -2.40. The number of carbonyl (C=O) groups excluding carboxylic acids is 1. The molecule has 1 aliphatic rings. The van der Waals surface area contributed by atoms with Crippen LogP contribution in [0.15, 0.2) is 22.8 Å². The van der Waals surface area contributed by atoms with Gasteiger partial charge in [0.05, 0.1) is 12.8 Å². The van der Waals surface area contributed by atoms with Gasteiger partial charge in [-0.2, -0.15) is 0 Å². The molecule has 0 aliphatic carbocycles. The smallest absolute Gasteiger partial charge is 0.135 e. The maximum atomic E-state index is 11.2. The number of furan rings is 1. The summed E-state index contributed by atoms with van der Waals surface area (Å²) in [7, 11) is 0. The molecule has 0 radical (unpaired) electrons. The Labute approximate surface area is 83.7 Å². The fraction of sp³-hybridized carbons (Fsp3) is 0.545. The minimum absolute atomic E-state index is 0.348. The minimum Gasteiger partial charge on any atom is -0.468 e. The first-order valence-corrected chi connectivity index (χ1v) is 5.04. The van der Waals surface area contributed by atoms with Gasteiger partial charge in [-0.3, -0.25) is 9.69 Å². The van der Waals surface area contributed by atoms with Crippen LogP contribution in [-0.2, 0) is 11.3 Å². The van der Waals surface area contributed by atoms with Crippen LogP contribution in [0.25, 0.3) is 0 Å². The second-order valence-electron chi connectivity index (χ2n) is 3.89. The van der Waals surface area contributed by atoms with Gasteiger partial charge in [-0.05, 0) is 19.1 Å². The number of piperidine rings is 1.